The molecule has 6 heteroatoms. The lowest BCUT2D eigenvalue weighted by Crippen LogP contribution is -2.28. The Bertz CT molecular complexity index is 1510. The summed E-state index contributed by atoms with van der Waals surface area (Å²) in [6.07, 6.45) is 1.03. The van der Waals surface area contributed by atoms with Gasteiger partial charge in [0, 0.05) is 34.8 Å². The van der Waals surface area contributed by atoms with E-state index in [0.29, 0.717) is 19.4 Å². The third-order valence-electron chi connectivity index (χ3n) is 6.85. The molecule has 3 aliphatic rings. The highest BCUT2D eigenvalue weighted by atomic mass is 16.2. The minimum atomic E-state index is -0.0962. The lowest BCUT2D eigenvalue weighted by atomic mass is 9.86. The minimum Gasteiger partial charge on any atom is -0.354 e. The molecule has 3 heterocycles. The maximum Gasteiger partial charge on any atom is 0.252 e. The Morgan fingerprint density at radius 2 is 1.75 bits per heavy atom. The first-order valence-electron chi connectivity index (χ1n) is 10.5. The zero-order chi connectivity index (χ0) is 20.7. The second kappa shape index (κ2) is 6.53. The third-order valence-corrected chi connectivity index (χ3v) is 6.85. The monoisotopic (exact) mass is 422 g/mol. The molecule has 6 nitrogen and oxygen atoms in total. The van der Waals surface area contributed by atoms with Crippen LogP contribution in [0.25, 0.3) is 32.9 Å². The quantitative estimate of drug-likeness (QED) is 0.419. The predicted molar refractivity (Wildman–Crippen MR) is 126 cm³/mol. The molecule has 1 atom stereocenters. The molecule has 0 bridgehead atoms. The van der Waals surface area contributed by atoms with Gasteiger partial charge in [0.1, 0.15) is 0 Å². The Morgan fingerprint density at radius 3 is 2.59 bits per heavy atom. The largest absolute Gasteiger partial charge is 0.354 e. The summed E-state index contributed by atoms with van der Waals surface area (Å²) < 4.78 is 0. The second-order valence-corrected chi connectivity index (χ2v) is 8.40. The highest BCUT2D eigenvalue weighted by Gasteiger charge is 2.41. The Morgan fingerprint density at radius 1 is 0.938 bits per heavy atom. The van der Waals surface area contributed by atoms with Crippen LogP contribution in [-0.2, 0) is 11.3 Å². The van der Waals surface area contributed by atoms with E-state index < -0.39 is 0 Å². The van der Waals surface area contributed by atoms with E-state index in [1.54, 1.807) is 0 Å². The summed E-state index contributed by atoms with van der Waals surface area (Å²) in [4.78, 5) is 28.5. The fourth-order valence-electron chi connectivity index (χ4n) is 5.62. The van der Waals surface area contributed by atoms with Crippen molar-refractivity contribution >= 4 is 39.3 Å². The van der Waals surface area contributed by atoms with Crippen molar-refractivity contribution in [3.8, 4) is 11.1 Å². The Balaban J connectivity index is 0.00000196. The van der Waals surface area contributed by atoms with E-state index in [1.165, 1.54) is 0 Å². The number of rotatable bonds is 1. The molecule has 0 saturated carbocycles. The molecular formula is C26H22N4O2. The lowest BCUT2D eigenvalue weighted by Gasteiger charge is -2.21. The number of hydrogen-bond donors (Lipinski definition) is 3. The Labute approximate surface area is 184 Å². The number of carbonyl (C=O) groups excluding carboxylic acids is 2. The number of H-pyrrole nitrogens is 1. The van der Waals surface area contributed by atoms with Gasteiger partial charge in [-0.15, -0.1) is 0 Å². The van der Waals surface area contributed by atoms with Crippen LogP contribution in [-0.4, -0.2) is 22.5 Å². The van der Waals surface area contributed by atoms with Gasteiger partial charge >= 0.3 is 0 Å². The van der Waals surface area contributed by atoms with Gasteiger partial charge in [-0.25, -0.2) is 5.43 Å². The Kier molecular flexibility index (Phi) is 3.84. The van der Waals surface area contributed by atoms with Gasteiger partial charge in [0.25, 0.3) is 5.91 Å². The highest BCUT2D eigenvalue weighted by molar-refractivity contribution is 6.22. The van der Waals surface area contributed by atoms with Crippen molar-refractivity contribution in [1.29, 1.82) is 0 Å². The van der Waals surface area contributed by atoms with Crippen LogP contribution in [0.1, 0.15) is 53.2 Å². The minimum absolute atomic E-state index is 0. The molecule has 3 aromatic carbocycles. The van der Waals surface area contributed by atoms with Crippen LogP contribution in [0.2, 0.25) is 0 Å². The zero-order valence-corrected chi connectivity index (χ0v) is 16.6. The number of nitrogens with zero attached hydrogens (tertiary/aromatic N) is 1. The first-order valence-corrected chi connectivity index (χ1v) is 10.5. The summed E-state index contributed by atoms with van der Waals surface area (Å²) in [6.45, 7) is 0.531. The molecule has 2 aliphatic heterocycles. The molecule has 3 N–H and O–H groups in total. The van der Waals surface area contributed by atoms with Crippen LogP contribution in [0, 0.1) is 0 Å². The maximum absolute atomic E-state index is 13.1. The number of nitrogens with one attached hydrogen (secondary N) is 3. The SMILES string of the molecule is C.O=C1CCC(C2c3ccccc3-c3c4c(c5c([nH]c6ccccc65)c32)CNC4=O)=NN1. The highest BCUT2D eigenvalue weighted by Crippen LogP contribution is 2.53. The number of hydrogen-bond acceptors (Lipinski definition) is 3. The summed E-state index contributed by atoms with van der Waals surface area (Å²) >= 11 is 0. The normalized spacial score (nSPS) is 18.5. The molecule has 0 radical (unpaired) electrons. The first kappa shape index (κ1) is 18.8. The molecule has 7 rings (SSSR count). The number of para-hydroxylation sites is 1. The fraction of sp³-hybridized carbons (Fsp3) is 0.192. The molecule has 0 saturated heterocycles. The van der Waals surface area contributed by atoms with E-state index in [-0.39, 0.29) is 25.2 Å². The van der Waals surface area contributed by atoms with Crippen molar-refractivity contribution in [2.75, 3.05) is 0 Å². The number of hydrazone groups is 1. The van der Waals surface area contributed by atoms with Crippen LogP contribution >= 0.6 is 0 Å². The summed E-state index contributed by atoms with van der Waals surface area (Å²) in [5, 5.41) is 9.76. The Hall–Kier alpha value is -3.93. The number of aromatic nitrogens is 1. The van der Waals surface area contributed by atoms with E-state index in [9.17, 15) is 9.59 Å². The average Bonchev–Trinajstić information content (AvgIpc) is 3.46. The van der Waals surface area contributed by atoms with Crippen LogP contribution in [0.15, 0.2) is 53.6 Å². The van der Waals surface area contributed by atoms with Gasteiger partial charge < -0.3 is 10.3 Å². The van der Waals surface area contributed by atoms with Gasteiger partial charge in [0.05, 0.1) is 22.7 Å². The van der Waals surface area contributed by atoms with Crippen LogP contribution in [0.4, 0.5) is 0 Å². The molecule has 32 heavy (non-hydrogen) atoms. The van der Waals surface area contributed by atoms with Crippen molar-refractivity contribution in [3.05, 3.63) is 70.8 Å². The number of fused-ring (bicyclic) bond motifs is 10. The first-order chi connectivity index (χ1) is 15.2. The molecule has 0 fully saturated rings. The van der Waals surface area contributed by atoms with Crippen molar-refractivity contribution in [2.24, 2.45) is 5.10 Å². The van der Waals surface area contributed by atoms with E-state index in [2.05, 4.69) is 45.1 Å². The number of benzene rings is 3. The van der Waals surface area contributed by atoms with Gasteiger partial charge in [-0.3, -0.25) is 9.59 Å². The lowest BCUT2D eigenvalue weighted by molar-refractivity contribution is -0.121. The second-order valence-electron chi connectivity index (χ2n) is 8.40. The van der Waals surface area contributed by atoms with Gasteiger partial charge in [0.15, 0.2) is 0 Å². The van der Waals surface area contributed by atoms with E-state index in [1.807, 2.05) is 24.3 Å². The summed E-state index contributed by atoms with van der Waals surface area (Å²) in [6, 6.07) is 16.5. The summed E-state index contributed by atoms with van der Waals surface area (Å²) in [5.41, 5.74) is 11.9. The van der Waals surface area contributed by atoms with Gasteiger partial charge in [-0.1, -0.05) is 49.9 Å². The molecule has 1 aromatic heterocycles. The molecule has 1 unspecified atom stereocenters. The average molecular weight is 422 g/mol. The van der Waals surface area contributed by atoms with Crippen molar-refractivity contribution in [2.45, 2.75) is 32.7 Å². The van der Waals surface area contributed by atoms with Crippen molar-refractivity contribution in [3.63, 3.8) is 0 Å². The summed E-state index contributed by atoms with van der Waals surface area (Å²) in [5.74, 6) is -0.173. The number of amides is 2. The fourth-order valence-corrected chi connectivity index (χ4v) is 5.62. The van der Waals surface area contributed by atoms with Crippen LogP contribution in [0.5, 0.6) is 0 Å². The van der Waals surface area contributed by atoms with Gasteiger partial charge in [0.2, 0.25) is 5.91 Å². The van der Waals surface area contributed by atoms with Crippen LogP contribution in [0.3, 0.4) is 0 Å². The van der Waals surface area contributed by atoms with E-state index in [4.69, 9.17) is 0 Å². The number of aromatic amines is 1. The molecule has 2 amide bonds. The predicted octanol–water partition coefficient (Wildman–Crippen LogP) is 4.58. The summed E-state index contributed by atoms with van der Waals surface area (Å²) in [7, 11) is 0. The van der Waals surface area contributed by atoms with Crippen molar-refractivity contribution < 1.29 is 9.59 Å². The molecule has 0 spiro atoms. The smallest absolute Gasteiger partial charge is 0.252 e. The molecular weight excluding hydrogens is 400 g/mol. The molecule has 4 aromatic rings. The van der Waals surface area contributed by atoms with Gasteiger partial charge in [-0.2, -0.15) is 5.10 Å². The molecule has 1 aliphatic carbocycles. The van der Waals surface area contributed by atoms with E-state index >= 15 is 0 Å². The standard InChI is InChI=1S/C25H18N4O2.CH4/c30-18-10-9-17(28-29-18)20-12-5-1-2-6-13(12)21-22-15(11-26-25(22)31)19-14-7-3-4-8-16(14)27-24(19)23(20)21;/h1-8,20,27H,9-11H2,(H,26,31)(H,29,30);1H4. The maximum atomic E-state index is 13.1. The topological polar surface area (TPSA) is 86.3 Å². The van der Waals surface area contributed by atoms with E-state index in [0.717, 1.165) is 60.9 Å². The number of carbonyl (C=O) groups is 2. The van der Waals surface area contributed by atoms with Crippen LogP contribution < -0.4 is 10.7 Å². The molecule has 158 valence electrons. The third kappa shape index (κ3) is 2.26. The van der Waals surface area contributed by atoms with Gasteiger partial charge in [-0.05, 0) is 34.7 Å². The van der Waals surface area contributed by atoms with Crippen molar-refractivity contribution in [1.82, 2.24) is 15.7 Å². The zero-order valence-electron chi connectivity index (χ0n) is 16.6.